The first kappa shape index (κ1) is 14.3. The molecule has 2 aliphatic rings. The summed E-state index contributed by atoms with van der Waals surface area (Å²) in [6.07, 6.45) is 2.14. The van der Waals surface area contributed by atoms with E-state index >= 15 is 0 Å². The van der Waals surface area contributed by atoms with Gasteiger partial charge >= 0.3 is 0 Å². The van der Waals surface area contributed by atoms with Crippen LogP contribution < -0.4 is 0 Å². The zero-order valence-electron chi connectivity index (χ0n) is 13.5. The Morgan fingerprint density at radius 3 is 2.48 bits per heavy atom. The first-order chi connectivity index (χ1) is 12.1. The molecule has 0 spiro atoms. The van der Waals surface area contributed by atoms with Crippen LogP contribution in [0.1, 0.15) is 38.4 Å². The van der Waals surface area contributed by atoms with Gasteiger partial charge in [-0.15, -0.1) is 0 Å². The number of benzene rings is 2. The summed E-state index contributed by atoms with van der Waals surface area (Å²) < 4.78 is 0. The maximum absolute atomic E-state index is 12.7. The number of aromatic hydroxyl groups is 1. The highest BCUT2D eigenvalue weighted by Gasteiger charge is 2.41. The highest BCUT2D eigenvalue weighted by atomic mass is 16.3. The summed E-state index contributed by atoms with van der Waals surface area (Å²) in [5, 5.41) is 10.8. The molecule has 1 aromatic heterocycles. The minimum Gasteiger partial charge on any atom is -0.508 e. The summed E-state index contributed by atoms with van der Waals surface area (Å²) in [5.41, 5.74) is 4.20. The van der Waals surface area contributed by atoms with Gasteiger partial charge in [0.1, 0.15) is 5.75 Å². The summed E-state index contributed by atoms with van der Waals surface area (Å²) in [4.78, 5) is 30.3. The summed E-state index contributed by atoms with van der Waals surface area (Å²) >= 11 is 0. The van der Waals surface area contributed by atoms with E-state index in [9.17, 15) is 14.7 Å². The first-order valence-corrected chi connectivity index (χ1v) is 8.43. The van der Waals surface area contributed by atoms with Crippen LogP contribution >= 0.6 is 0 Å². The van der Waals surface area contributed by atoms with E-state index in [0.29, 0.717) is 17.5 Å². The summed E-state index contributed by atoms with van der Waals surface area (Å²) in [7, 11) is 0. The third kappa shape index (κ3) is 1.95. The van der Waals surface area contributed by atoms with Crippen molar-refractivity contribution >= 4 is 22.7 Å². The fourth-order valence-corrected chi connectivity index (χ4v) is 4.15. The average Bonchev–Trinajstić information content (AvgIpc) is 3.10. The number of aromatic nitrogens is 1. The van der Waals surface area contributed by atoms with Crippen molar-refractivity contribution < 1.29 is 14.7 Å². The van der Waals surface area contributed by atoms with E-state index in [2.05, 4.69) is 4.98 Å². The van der Waals surface area contributed by atoms with Gasteiger partial charge in [-0.25, -0.2) is 0 Å². The standard InChI is InChI=1S/C20H16N2O3/c23-12-6-8-18-16(10-12)15-9-11(5-7-17(15)21-18)22-19(24)13-3-1-2-4-14(13)20(22)25/h1-4,6,8,10-11,21,23H,5,7,9H2. The molecule has 2 heterocycles. The Morgan fingerprint density at radius 2 is 1.76 bits per heavy atom. The van der Waals surface area contributed by atoms with Crippen molar-refractivity contribution in [1.82, 2.24) is 9.88 Å². The van der Waals surface area contributed by atoms with Crippen LogP contribution in [0.3, 0.4) is 0 Å². The van der Waals surface area contributed by atoms with Crippen LogP contribution in [0.2, 0.25) is 0 Å². The van der Waals surface area contributed by atoms with E-state index in [-0.39, 0.29) is 23.6 Å². The number of nitrogens with zero attached hydrogens (tertiary/aromatic N) is 1. The second-order valence-electron chi connectivity index (χ2n) is 6.73. The SMILES string of the molecule is O=C1c2ccccc2C(=O)N1C1CCc2[nH]c3ccc(O)cc3c2C1. The van der Waals surface area contributed by atoms with Crippen molar-refractivity contribution in [3.05, 3.63) is 64.8 Å². The molecule has 2 N–H and O–H groups in total. The van der Waals surface area contributed by atoms with E-state index in [0.717, 1.165) is 35.0 Å². The van der Waals surface area contributed by atoms with Crippen molar-refractivity contribution in [2.75, 3.05) is 0 Å². The Balaban J connectivity index is 1.54. The number of carbonyl (C=O) groups excluding carboxylic acids is 2. The Morgan fingerprint density at radius 1 is 1.04 bits per heavy atom. The number of aromatic amines is 1. The number of rotatable bonds is 1. The summed E-state index contributed by atoms with van der Waals surface area (Å²) in [6.45, 7) is 0. The molecular weight excluding hydrogens is 316 g/mol. The summed E-state index contributed by atoms with van der Waals surface area (Å²) in [5.74, 6) is -0.175. The Kier molecular flexibility index (Phi) is 2.83. The van der Waals surface area contributed by atoms with Gasteiger partial charge in [0.15, 0.2) is 0 Å². The molecule has 25 heavy (non-hydrogen) atoms. The highest BCUT2D eigenvalue weighted by Crippen LogP contribution is 2.35. The van der Waals surface area contributed by atoms with Crippen LogP contribution in [0.5, 0.6) is 5.75 Å². The number of carbonyl (C=O) groups is 2. The van der Waals surface area contributed by atoms with Gasteiger partial charge in [0.25, 0.3) is 11.8 Å². The Hall–Kier alpha value is -3.08. The first-order valence-electron chi connectivity index (χ1n) is 8.43. The number of imide groups is 1. The van der Waals surface area contributed by atoms with Crippen molar-refractivity contribution in [3.63, 3.8) is 0 Å². The molecule has 0 bridgehead atoms. The predicted molar refractivity (Wildman–Crippen MR) is 92.7 cm³/mol. The number of nitrogens with one attached hydrogen (secondary N) is 1. The number of aryl methyl sites for hydroxylation is 1. The number of hydrogen-bond acceptors (Lipinski definition) is 3. The number of H-pyrrole nitrogens is 1. The molecule has 2 amide bonds. The highest BCUT2D eigenvalue weighted by molar-refractivity contribution is 6.21. The van der Waals surface area contributed by atoms with E-state index in [1.807, 2.05) is 6.07 Å². The molecule has 5 rings (SSSR count). The topological polar surface area (TPSA) is 73.4 Å². The smallest absolute Gasteiger partial charge is 0.261 e. The fourth-order valence-electron chi connectivity index (χ4n) is 4.15. The van der Waals surface area contributed by atoms with Gasteiger partial charge in [0, 0.05) is 22.6 Å². The fraction of sp³-hybridized carbons (Fsp3) is 0.200. The van der Waals surface area contributed by atoms with E-state index in [4.69, 9.17) is 0 Å². The van der Waals surface area contributed by atoms with Gasteiger partial charge < -0.3 is 10.1 Å². The molecule has 1 aliphatic carbocycles. The van der Waals surface area contributed by atoms with Crippen LogP contribution in [0.25, 0.3) is 10.9 Å². The quantitative estimate of drug-likeness (QED) is 0.673. The minimum atomic E-state index is -0.197. The second-order valence-corrected chi connectivity index (χ2v) is 6.73. The number of hydrogen-bond donors (Lipinski definition) is 2. The molecule has 5 nitrogen and oxygen atoms in total. The molecule has 2 aromatic carbocycles. The molecule has 1 unspecified atom stereocenters. The van der Waals surface area contributed by atoms with E-state index in [1.54, 1.807) is 36.4 Å². The van der Waals surface area contributed by atoms with Crippen LogP contribution in [-0.4, -0.2) is 32.8 Å². The normalized spacial score (nSPS) is 19.4. The third-order valence-corrected chi connectivity index (χ3v) is 5.34. The van der Waals surface area contributed by atoms with Crippen LogP contribution in [0.15, 0.2) is 42.5 Å². The molecule has 0 saturated heterocycles. The number of amides is 2. The molecule has 1 aliphatic heterocycles. The number of phenols is 1. The second kappa shape index (κ2) is 4.96. The van der Waals surface area contributed by atoms with E-state index in [1.165, 1.54) is 4.90 Å². The largest absolute Gasteiger partial charge is 0.508 e. The molecule has 3 aromatic rings. The predicted octanol–water partition coefficient (Wildman–Crippen LogP) is 3.03. The van der Waals surface area contributed by atoms with Crippen LogP contribution in [0.4, 0.5) is 0 Å². The van der Waals surface area contributed by atoms with Crippen molar-refractivity contribution in [1.29, 1.82) is 0 Å². The molecule has 5 heteroatoms. The molecule has 0 fully saturated rings. The maximum atomic E-state index is 12.7. The van der Waals surface area contributed by atoms with Gasteiger partial charge in [-0.05, 0) is 55.2 Å². The molecular formula is C20H16N2O3. The minimum absolute atomic E-state index is 0.152. The van der Waals surface area contributed by atoms with Gasteiger partial charge in [0.2, 0.25) is 0 Å². The lowest BCUT2D eigenvalue weighted by Crippen LogP contribution is -2.43. The lowest BCUT2D eigenvalue weighted by molar-refractivity contribution is 0.0571. The lowest BCUT2D eigenvalue weighted by atomic mass is 9.90. The molecule has 124 valence electrons. The van der Waals surface area contributed by atoms with Gasteiger partial charge in [-0.1, -0.05) is 12.1 Å². The van der Waals surface area contributed by atoms with Gasteiger partial charge in [-0.2, -0.15) is 0 Å². The Bertz CT molecular complexity index is 1020. The van der Waals surface area contributed by atoms with Crippen molar-refractivity contribution in [2.24, 2.45) is 0 Å². The summed E-state index contributed by atoms with van der Waals surface area (Å²) in [6, 6.07) is 12.1. The Labute approximate surface area is 143 Å². The molecule has 0 saturated carbocycles. The van der Waals surface area contributed by atoms with Crippen molar-refractivity contribution in [2.45, 2.75) is 25.3 Å². The van der Waals surface area contributed by atoms with Gasteiger partial charge in [-0.3, -0.25) is 14.5 Å². The van der Waals surface area contributed by atoms with Gasteiger partial charge in [0.05, 0.1) is 11.1 Å². The molecule has 1 atom stereocenters. The number of fused-ring (bicyclic) bond motifs is 4. The zero-order chi connectivity index (χ0) is 17.1. The maximum Gasteiger partial charge on any atom is 0.261 e. The third-order valence-electron chi connectivity index (χ3n) is 5.34. The lowest BCUT2D eigenvalue weighted by Gasteiger charge is -2.29. The van der Waals surface area contributed by atoms with Crippen molar-refractivity contribution in [3.8, 4) is 5.75 Å². The van der Waals surface area contributed by atoms with E-state index < -0.39 is 0 Å². The molecule has 0 radical (unpaired) electrons. The average molecular weight is 332 g/mol. The zero-order valence-corrected chi connectivity index (χ0v) is 13.5. The van der Waals surface area contributed by atoms with Crippen LogP contribution in [0, 0.1) is 0 Å². The van der Waals surface area contributed by atoms with Crippen LogP contribution in [-0.2, 0) is 12.8 Å². The number of phenolic OH excluding ortho intramolecular Hbond substituents is 1. The monoisotopic (exact) mass is 332 g/mol.